The van der Waals surface area contributed by atoms with Crippen molar-refractivity contribution in [2.75, 3.05) is 39.3 Å². The molecule has 0 unspecified atom stereocenters. The van der Waals surface area contributed by atoms with E-state index in [1.807, 2.05) is 43.3 Å². The van der Waals surface area contributed by atoms with Crippen LogP contribution in [0.1, 0.15) is 34.9 Å². The topological polar surface area (TPSA) is 155 Å². The van der Waals surface area contributed by atoms with Crippen LogP contribution in [-0.4, -0.2) is 88.6 Å². The number of rotatable bonds is 4. The van der Waals surface area contributed by atoms with Crippen molar-refractivity contribution in [3.05, 3.63) is 77.4 Å². The number of carboxylic acid groups (broad SMARTS) is 1. The number of benzene rings is 1. The van der Waals surface area contributed by atoms with Crippen LogP contribution in [0.2, 0.25) is 0 Å². The minimum absolute atomic E-state index is 0.0342. The number of amides is 3. The highest BCUT2D eigenvalue weighted by Crippen LogP contribution is 2.35. The number of hydrogen-bond donors (Lipinski definition) is 2. The molecule has 0 aliphatic carbocycles. The summed E-state index contributed by atoms with van der Waals surface area (Å²) in [6, 6.07) is 13.2. The highest BCUT2D eigenvalue weighted by atomic mass is 16.5. The maximum Gasteiger partial charge on any atom is 0.290 e. The van der Waals surface area contributed by atoms with Crippen molar-refractivity contribution in [3.8, 4) is 5.75 Å². The van der Waals surface area contributed by atoms with Crippen molar-refractivity contribution in [1.29, 1.82) is 0 Å². The fourth-order valence-electron chi connectivity index (χ4n) is 5.25. The summed E-state index contributed by atoms with van der Waals surface area (Å²) >= 11 is 0. The molecule has 12 nitrogen and oxygen atoms in total. The first-order chi connectivity index (χ1) is 20.4. The van der Waals surface area contributed by atoms with E-state index >= 15 is 0 Å². The summed E-state index contributed by atoms with van der Waals surface area (Å²) in [5.74, 6) is 0.383. The Morgan fingerprint density at radius 2 is 1.86 bits per heavy atom. The second kappa shape index (κ2) is 14.8. The number of likely N-dealkylation sites (tertiary alicyclic amines) is 1. The SMILES string of the molecule is Cc1cc(CC(=O)N2CCCOc3cccc(c3)[C@H]3CN(C(=O)Cc4cccnc4)C[C@@H]3C(=O)NCC2)on1.O=CO. The third-order valence-electron chi connectivity index (χ3n) is 7.25. The number of fused-ring (bicyclic) bond motifs is 4. The highest BCUT2D eigenvalue weighted by Gasteiger charge is 2.40. The van der Waals surface area contributed by atoms with Crippen LogP contribution in [0.25, 0.3) is 0 Å². The molecule has 222 valence electrons. The summed E-state index contributed by atoms with van der Waals surface area (Å²) in [6.07, 6.45) is 4.35. The third-order valence-corrected chi connectivity index (χ3v) is 7.25. The Hall–Kier alpha value is -4.74. The van der Waals surface area contributed by atoms with E-state index in [0.717, 1.165) is 16.8 Å². The van der Waals surface area contributed by atoms with Crippen LogP contribution in [-0.2, 0) is 32.0 Å². The number of nitrogens with zero attached hydrogens (tertiary/aromatic N) is 4. The Kier molecular flexibility index (Phi) is 10.6. The maximum atomic E-state index is 13.4. The number of hydrogen-bond acceptors (Lipinski definition) is 8. The van der Waals surface area contributed by atoms with Gasteiger partial charge < -0.3 is 29.5 Å². The van der Waals surface area contributed by atoms with E-state index in [-0.39, 0.29) is 43.0 Å². The summed E-state index contributed by atoms with van der Waals surface area (Å²) in [7, 11) is 0. The minimum atomic E-state index is -0.414. The molecule has 0 spiro atoms. The molecule has 4 heterocycles. The lowest BCUT2D eigenvalue weighted by molar-refractivity contribution is -0.132. The number of aromatic nitrogens is 2. The molecule has 2 N–H and O–H groups in total. The molecule has 0 saturated carbocycles. The Labute approximate surface area is 243 Å². The van der Waals surface area contributed by atoms with Crippen molar-refractivity contribution >= 4 is 24.2 Å². The summed E-state index contributed by atoms with van der Waals surface area (Å²) in [5, 5.41) is 13.8. The van der Waals surface area contributed by atoms with Crippen LogP contribution in [0.5, 0.6) is 5.75 Å². The number of aryl methyl sites for hydroxylation is 1. The fraction of sp³-hybridized carbons (Fsp3) is 0.400. The monoisotopic (exact) mass is 577 g/mol. The average Bonchev–Trinajstić information content (AvgIpc) is 3.61. The minimum Gasteiger partial charge on any atom is -0.494 e. The van der Waals surface area contributed by atoms with E-state index in [9.17, 15) is 14.4 Å². The second-order valence-electron chi connectivity index (χ2n) is 10.2. The van der Waals surface area contributed by atoms with E-state index in [0.29, 0.717) is 57.3 Å². The van der Waals surface area contributed by atoms with Gasteiger partial charge in [-0.25, -0.2) is 0 Å². The standard InChI is InChI=1S/C29H33N5O5.CH2O2/c1-20-13-24(39-32-20)16-28(36)33-10-4-12-38-23-7-2-6-22(15-23)25-18-34(19-26(25)29(37)31-9-11-33)27(35)14-21-5-3-8-30-17-21;2-1-3/h2-3,5-8,13,15,17,25-26H,4,9-12,14,16,18-19H2,1H3,(H,31,37);1H,(H,2,3)/t25-,26+;/m1./s1. The van der Waals surface area contributed by atoms with Crippen LogP contribution >= 0.6 is 0 Å². The molecule has 3 amide bonds. The fourth-order valence-corrected chi connectivity index (χ4v) is 5.25. The number of nitrogens with one attached hydrogen (secondary N) is 1. The average molecular weight is 578 g/mol. The van der Waals surface area contributed by atoms with Crippen LogP contribution in [0.3, 0.4) is 0 Å². The van der Waals surface area contributed by atoms with E-state index in [1.165, 1.54) is 0 Å². The molecule has 5 rings (SSSR count). The Morgan fingerprint density at radius 1 is 1.07 bits per heavy atom. The molecule has 2 aliphatic heterocycles. The first-order valence-corrected chi connectivity index (χ1v) is 13.8. The molecule has 2 aromatic heterocycles. The lowest BCUT2D eigenvalue weighted by Gasteiger charge is -2.24. The molecule has 1 saturated heterocycles. The van der Waals surface area contributed by atoms with Crippen LogP contribution in [0.4, 0.5) is 0 Å². The summed E-state index contributed by atoms with van der Waals surface area (Å²) in [5.41, 5.74) is 2.53. The van der Waals surface area contributed by atoms with Gasteiger partial charge in [-0.3, -0.25) is 24.2 Å². The van der Waals surface area contributed by atoms with Crippen LogP contribution in [0.15, 0.2) is 59.4 Å². The molecule has 2 aliphatic rings. The molecule has 12 heteroatoms. The zero-order valence-electron chi connectivity index (χ0n) is 23.5. The number of ether oxygens (including phenoxy) is 1. The van der Waals surface area contributed by atoms with Crippen molar-refractivity contribution in [2.45, 2.75) is 32.1 Å². The molecule has 2 atom stereocenters. The number of carbonyl (C=O) groups excluding carboxylic acids is 3. The molecule has 3 aromatic rings. The Bertz CT molecular complexity index is 1360. The van der Waals surface area contributed by atoms with Gasteiger partial charge >= 0.3 is 0 Å². The van der Waals surface area contributed by atoms with Gasteiger partial charge in [-0.15, -0.1) is 0 Å². The summed E-state index contributed by atoms with van der Waals surface area (Å²) < 4.78 is 11.2. The van der Waals surface area contributed by atoms with Gasteiger partial charge in [-0.1, -0.05) is 23.4 Å². The van der Waals surface area contributed by atoms with Crippen LogP contribution in [0, 0.1) is 12.8 Å². The summed E-state index contributed by atoms with van der Waals surface area (Å²) in [6.45, 7) is 3.95. The lowest BCUT2D eigenvalue weighted by Crippen LogP contribution is -2.42. The normalized spacial score (nSPS) is 18.8. The smallest absolute Gasteiger partial charge is 0.290 e. The first kappa shape index (κ1) is 30.2. The maximum absolute atomic E-state index is 13.4. The number of carbonyl (C=O) groups is 4. The van der Waals surface area contributed by atoms with E-state index in [1.54, 1.807) is 28.3 Å². The van der Waals surface area contributed by atoms with Crippen molar-refractivity contribution < 1.29 is 33.5 Å². The Morgan fingerprint density at radius 3 is 2.60 bits per heavy atom. The van der Waals surface area contributed by atoms with Gasteiger partial charge in [0.15, 0.2) is 0 Å². The van der Waals surface area contributed by atoms with E-state index in [4.69, 9.17) is 19.2 Å². The van der Waals surface area contributed by atoms with Gasteiger partial charge in [0.25, 0.3) is 6.47 Å². The zero-order chi connectivity index (χ0) is 29.9. The second-order valence-corrected chi connectivity index (χ2v) is 10.2. The highest BCUT2D eigenvalue weighted by molar-refractivity contribution is 5.84. The van der Waals surface area contributed by atoms with Gasteiger partial charge in [-0.2, -0.15) is 0 Å². The predicted octanol–water partition coefficient (Wildman–Crippen LogP) is 1.83. The zero-order valence-corrected chi connectivity index (χ0v) is 23.5. The quantitative estimate of drug-likeness (QED) is 0.442. The Balaban J connectivity index is 0.00000129. The largest absolute Gasteiger partial charge is 0.494 e. The van der Waals surface area contributed by atoms with Gasteiger partial charge in [0.2, 0.25) is 17.7 Å². The molecule has 42 heavy (non-hydrogen) atoms. The third kappa shape index (κ3) is 8.15. The van der Waals surface area contributed by atoms with Gasteiger partial charge in [0.1, 0.15) is 11.5 Å². The van der Waals surface area contributed by atoms with E-state index in [2.05, 4.69) is 15.5 Å². The molecule has 1 fully saturated rings. The molecule has 1 aromatic carbocycles. The predicted molar refractivity (Wildman–Crippen MR) is 151 cm³/mol. The van der Waals surface area contributed by atoms with Gasteiger partial charge in [0.05, 0.1) is 31.1 Å². The van der Waals surface area contributed by atoms with E-state index < -0.39 is 5.92 Å². The first-order valence-electron chi connectivity index (χ1n) is 13.8. The van der Waals surface area contributed by atoms with Crippen molar-refractivity contribution in [3.63, 3.8) is 0 Å². The van der Waals surface area contributed by atoms with Gasteiger partial charge in [-0.05, 0) is 42.7 Å². The lowest BCUT2D eigenvalue weighted by atomic mass is 9.88. The van der Waals surface area contributed by atoms with Crippen LogP contribution < -0.4 is 10.1 Å². The van der Waals surface area contributed by atoms with Crippen molar-refractivity contribution in [2.24, 2.45) is 5.92 Å². The van der Waals surface area contributed by atoms with Gasteiger partial charge in [0, 0.05) is 57.1 Å². The summed E-state index contributed by atoms with van der Waals surface area (Å²) in [4.78, 5) is 55.6. The molecule has 2 bridgehead atoms. The molecular weight excluding hydrogens is 542 g/mol. The molecule has 0 radical (unpaired) electrons. The molecular formula is C30H35N5O7. The van der Waals surface area contributed by atoms with Crippen molar-refractivity contribution in [1.82, 2.24) is 25.3 Å². The number of pyridine rings is 1.